The molecule has 1 aromatic heterocycles. The van der Waals surface area contributed by atoms with Crippen molar-refractivity contribution in [3.8, 4) is 0 Å². The molecule has 0 radical (unpaired) electrons. The van der Waals surface area contributed by atoms with Gasteiger partial charge in [0.05, 0.1) is 6.10 Å². The Labute approximate surface area is 109 Å². The summed E-state index contributed by atoms with van der Waals surface area (Å²) in [5, 5.41) is 0. The number of hydrogen-bond acceptors (Lipinski definition) is 5. The summed E-state index contributed by atoms with van der Waals surface area (Å²) < 4.78 is 31.7. The summed E-state index contributed by atoms with van der Waals surface area (Å²) in [4.78, 5) is 26.3. The minimum Gasteiger partial charge on any atom is -0.377 e. The minimum absolute atomic E-state index is 0.00795. The van der Waals surface area contributed by atoms with Gasteiger partial charge in [-0.3, -0.25) is 9.78 Å². The van der Waals surface area contributed by atoms with Crippen molar-refractivity contribution < 1.29 is 13.2 Å². The van der Waals surface area contributed by atoms with E-state index in [0.29, 0.717) is 6.61 Å². The highest BCUT2D eigenvalue weighted by Gasteiger charge is 2.24. The molecular weight excluding hydrogens is 274 g/mol. The fraction of sp³-hybridized carbons (Fsp3) is 0.600. The number of nitrogens with one attached hydrogen (secondary N) is 3. The van der Waals surface area contributed by atoms with Crippen molar-refractivity contribution in [1.82, 2.24) is 14.7 Å². The summed E-state index contributed by atoms with van der Waals surface area (Å²) in [7, 11) is -3.97. The summed E-state index contributed by atoms with van der Waals surface area (Å²) >= 11 is 0. The second kappa shape index (κ2) is 5.27. The van der Waals surface area contributed by atoms with Crippen LogP contribution in [0.1, 0.15) is 18.5 Å². The first-order valence-electron chi connectivity index (χ1n) is 5.84. The molecule has 0 spiro atoms. The SMILES string of the molecule is Cc1[nH]c(=O)[nH]c(=O)c1S(=O)(=O)NC[C@@H]1CCCO1. The second-order valence-electron chi connectivity index (χ2n) is 4.35. The van der Waals surface area contributed by atoms with Crippen molar-refractivity contribution in [3.63, 3.8) is 0 Å². The lowest BCUT2D eigenvalue weighted by Gasteiger charge is -2.11. The molecule has 0 saturated carbocycles. The van der Waals surface area contributed by atoms with Gasteiger partial charge >= 0.3 is 5.69 Å². The fourth-order valence-corrected chi connectivity index (χ4v) is 3.29. The molecule has 1 aliphatic heterocycles. The second-order valence-corrected chi connectivity index (χ2v) is 6.05. The van der Waals surface area contributed by atoms with Crippen LogP contribution in [0.5, 0.6) is 0 Å². The first-order valence-corrected chi connectivity index (χ1v) is 7.33. The zero-order chi connectivity index (χ0) is 14.0. The van der Waals surface area contributed by atoms with E-state index in [1.807, 2.05) is 4.98 Å². The van der Waals surface area contributed by atoms with E-state index < -0.39 is 26.2 Å². The van der Waals surface area contributed by atoms with Gasteiger partial charge in [-0.05, 0) is 19.8 Å². The molecular formula is C10H15N3O5S. The summed E-state index contributed by atoms with van der Waals surface area (Å²) in [6.45, 7) is 2.09. The average molecular weight is 289 g/mol. The Morgan fingerprint density at radius 2 is 2.11 bits per heavy atom. The number of aromatic nitrogens is 2. The molecule has 19 heavy (non-hydrogen) atoms. The van der Waals surface area contributed by atoms with E-state index in [4.69, 9.17) is 4.74 Å². The molecule has 0 aliphatic carbocycles. The van der Waals surface area contributed by atoms with E-state index in [2.05, 4.69) is 9.71 Å². The van der Waals surface area contributed by atoms with E-state index in [1.165, 1.54) is 6.92 Å². The van der Waals surface area contributed by atoms with E-state index in [1.54, 1.807) is 0 Å². The predicted octanol–water partition coefficient (Wildman–Crippen LogP) is -1.17. The van der Waals surface area contributed by atoms with Crippen LogP contribution in [0.15, 0.2) is 14.5 Å². The van der Waals surface area contributed by atoms with E-state index in [0.717, 1.165) is 12.8 Å². The normalized spacial score (nSPS) is 19.7. The van der Waals surface area contributed by atoms with Crippen LogP contribution in [0.4, 0.5) is 0 Å². The third-order valence-corrected chi connectivity index (χ3v) is 4.44. The number of sulfonamides is 1. The molecule has 8 nitrogen and oxygen atoms in total. The molecule has 2 rings (SSSR count). The highest BCUT2D eigenvalue weighted by atomic mass is 32.2. The summed E-state index contributed by atoms with van der Waals surface area (Å²) in [6.07, 6.45) is 1.51. The topological polar surface area (TPSA) is 121 Å². The van der Waals surface area contributed by atoms with Crippen LogP contribution in [0.3, 0.4) is 0 Å². The van der Waals surface area contributed by atoms with Gasteiger partial charge in [-0.25, -0.2) is 17.9 Å². The van der Waals surface area contributed by atoms with Crippen molar-refractivity contribution in [2.24, 2.45) is 0 Å². The molecule has 0 unspecified atom stereocenters. The first-order chi connectivity index (χ1) is 8.90. The molecule has 2 heterocycles. The van der Waals surface area contributed by atoms with Gasteiger partial charge in [-0.15, -0.1) is 0 Å². The van der Waals surface area contributed by atoms with Crippen LogP contribution in [0, 0.1) is 6.92 Å². The maximum Gasteiger partial charge on any atom is 0.325 e. The number of ether oxygens (including phenoxy) is 1. The van der Waals surface area contributed by atoms with Gasteiger partial charge < -0.3 is 9.72 Å². The van der Waals surface area contributed by atoms with Gasteiger partial charge in [0.2, 0.25) is 10.0 Å². The Morgan fingerprint density at radius 1 is 1.37 bits per heavy atom. The largest absolute Gasteiger partial charge is 0.377 e. The highest BCUT2D eigenvalue weighted by molar-refractivity contribution is 7.89. The Morgan fingerprint density at radius 3 is 2.68 bits per heavy atom. The molecule has 1 atom stereocenters. The average Bonchev–Trinajstić information content (AvgIpc) is 2.77. The Balaban J connectivity index is 2.24. The number of H-pyrrole nitrogens is 2. The van der Waals surface area contributed by atoms with Crippen molar-refractivity contribution in [2.45, 2.75) is 30.8 Å². The molecule has 1 aliphatic rings. The maximum absolute atomic E-state index is 12.0. The van der Waals surface area contributed by atoms with E-state index in [-0.39, 0.29) is 18.3 Å². The molecule has 0 aromatic carbocycles. The van der Waals surface area contributed by atoms with Crippen molar-refractivity contribution in [2.75, 3.05) is 13.2 Å². The van der Waals surface area contributed by atoms with Gasteiger partial charge in [-0.2, -0.15) is 0 Å². The Hall–Kier alpha value is -1.45. The lowest BCUT2D eigenvalue weighted by Crippen LogP contribution is -2.37. The minimum atomic E-state index is -3.97. The van der Waals surface area contributed by atoms with Gasteiger partial charge in [0, 0.05) is 18.8 Å². The van der Waals surface area contributed by atoms with Crippen LogP contribution in [-0.2, 0) is 14.8 Å². The predicted molar refractivity (Wildman–Crippen MR) is 66.6 cm³/mol. The van der Waals surface area contributed by atoms with E-state index in [9.17, 15) is 18.0 Å². The van der Waals surface area contributed by atoms with Gasteiger partial charge in [-0.1, -0.05) is 0 Å². The summed E-state index contributed by atoms with van der Waals surface area (Å²) in [6, 6.07) is 0. The van der Waals surface area contributed by atoms with Crippen LogP contribution in [0.2, 0.25) is 0 Å². The van der Waals surface area contributed by atoms with E-state index >= 15 is 0 Å². The van der Waals surface area contributed by atoms with Crippen molar-refractivity contribution in [3.05, 3.63) is 26.5 Å². The molecule has 9 heteroatoms. The van der Waals surface area contributed by atoms with Crippen LogP contribution in [-0.4, -0.2) is 37.6 Å². The molecule has 0 amide bonds. The van der Waals surface area contributed by atoms with Crippen molar-refractivity contribution >= 4 is 10.0 Å². The molecule has 3 N–H and O–H groups in total. The van der Waals surface area contributed by atoms with Gasteiger partial charge in [0.15, 0.2) is 4.90 Å². The lowest BCUT2D eigenvalue weighted by molar-refractivity contribution is 0.114. The number of aromatic amines is 2. The zero-order valence-electron chi connectivity index (χ0n) is 10.4. The third-order valence-electron chi connectivity index (χ3n) is 2.87. The Kier molecular flexibility index (Phi) is 3.88. The number of aryl methyl sites for hydroxylation is 1. The van der Waals surface area contributed by atoms with Crippen LogP contribution >= 0.6 is 0 Å². The lowest BCUT2D eigenvalue weighted by atomic mass is 10.2. The van der Waals surface area contributed by atoms with Crippen LogP contribution in [0.25, 0.3) is 0 Å². The van der Waals surface area contributed by atoms with Gasteiger partial charge in [0.25, 0.3) is 5.56 Å². The van der Waals surface area contributed by atoms with Crippen molar-refractivity contribution in [1.29, 1.82) is 0 Å². The number of hydrogen-bond donors (Lipinski definition) is 3. The quantitative estimate of drug-likeness (QED) is 0.645. The molecule has 1 saturated heterocycles. The summed E-state index contributed by atoms with van der Waals surface area (Å²) in [5.41, 5.74) is -1.66. The monoisotopic (exact) mass is 289 g/mol. The van der Waals surface area contributed by atoms with Gasteiger partial charge in [0.1, 0.15) is 0 Å². The maximum atomic E-state index is 12.0. The van der Waals surface area contributed by atoms with Crippen LogP contribution < -0.4 is 16.0 Å². The smallest absolute Gasteiger partial charge is 0.325 e. The standard InChI is InChI=1S/C10H15N3O5S/c1-6-8(9(14)13-10(15)12-6)19(16,17)11-5-7-3-2-4-18-7/h7,11H,2-5H2,1H3,(H2,12,13,14,15)/t7-/m0/s1. The first kappa shape index (κ1) is 14.0. The third kappa shape index (κ3) is 3.11. The zero-order valence-corrected chi connectivity index (χ0v) is 11.2. The molecule has 106 valence electrons. The number of rotatable bonds is 4. The highest BCUT2D eigenvalue weighted by Crippen LogP contribution is 2.12. The molecule has 0 bridgehead atoms. The summed E-state index contributed by atoms with van der Waals surface area (Å²) in [5.74, 6) is 0. The Bertz CT molecular complexity index is 669. The fourth-order valence-electron chi connectivity index (χ4n) is 1.99. The molecule has 1 fully saturated rings. The molecule has 1 aromatic rings.